The van der Waals surface area contributed by atoms with Crippen LogP contribution in [0.3, 0.4) is 0 Å². The standard InChI is InChI=1S/C7H6ClF2NO/c8-6-2-5(9)1-4(3-11-12)7(6)10/h1-2,11-12H,3H2. The van der Waals surface area contributed by atoms with E-state index in [4.69, 9.17) is 16.8 Å². The number of hydroxylamine groups is 1. The molecule has 0 bridgehead atoms. The number of hydrogen-bond donors (Lipinski definition) is 2. The Morgan fingerprint density at radius 1 is 1.42 bits per heavy atom. The number of halogens is 3. The minimum atomic E-state index is -0.723. The highest BCUT2D eigenvalue weighted by Crippen LogP contribution is 2.19. The molecule has 0 radical (unpaired) electrons. The molecule has 66 valence electrons. The molecule has 0 amide bonds. The number of nitrogens with one attached hydrogen (secondary N) is 1. The average molecular weight is 194 g/mol. The van der Waals surface area contributed by atoms with E-state index >= 15 is 0 Å². The van der Waals surface area contributed by atoms with Gasteiger partial charge in [0, 0.05) is 12.1 Å². The fourth-order valence-corrected chi connectivity index (χ4v) is 1.05. The van der Waals surface area contributed by atoms with Gasteiger partial charge in [0.2, 0.25) is 0 Å². The number of benzene rings is 1. The first-order valence-corrected chi connectivity index (χ1v) is 3.53. The van der Waals surface area contributed by atoms with Gasteiger partial charge in [-0.2, -0.15) is 0 Å². The topological polar surface area (TPSA) is 32.3 Å². The third-order valence-corrected chi connectivity index (χ3v) is 1.61. The van der Waals surface area contributed by atoms with Crippen LogP contribution in [0.25, 0.3) is 0 Å². The lowest BCUT2D eigenvalue weighted by atomic mass is 10.2. The van der Waals surface area contributed by atoms with Crippen LogP contribution in [0.2, 0.25) is 5.02 Å². The van der Waals surface area contributed by atoms with E-state index in [9.17, 15) is 8.78 Å². The molecule has 0 heterocycles. The monoisotopic (exact) mass is 193 g/mol. The van der Waals surface area contributed by atoms with Crippen molar-refractivity contribution in [2.75, 3.05) is 0 Å². The molecule has 0 fully saturated rings. The summed E-state index contributed by atoms with van der Waals surface area (Å²) in [7, 11) is 0. The van der Waals surface area contributed by atoms with Gasteiger partial charge in [-0.1, -0.05) is 11.6 Å². The van der Waals surface area contributed by atoms with Crippen LogP contribution < -0.4 is 5.48 Å². The van der Waals surface area contributed by atoms with E-state index in [0.717, 1.165) is 12.1 Å². The molecule has 1 aromatic rings. The summed E-state index contributed by atoms with van der Waals surface area (Å²) in [5.74, 6) is -1.36. The van der Waals surface area contributed by atoms with Crippen LogP contribution >= 0.6 is 11.6 Å². The zero-order valence-electron chi connectivity index (χ0n) is 5.94. The largest absolute Gasteiger partial charge is 0.316 e. The van der Waals surface area contributed by atoms with Gasteiger partial charge in [-0.15, -0.1) is 0 Å². The highest BCUT2D eigenvalue weighted by atomic mass is 35.5. The van der Waals surface area contributed by atoms with Crippen molar-refractivity contribution in [3.8, 4) is 0 Å². The zero-order valence-corrected chi connectivity index (χ0v) is 6.70. The zero-order chi connectivity index (χ0) is 9.14. The summed E-state index contributed by atoms with van der Waals surface area (Å²) < 4.78 is 25.5. The van der Waals surface area contributed by atoms with Crippen molar-refractivity contribution < 1.29 is 14.0 Å². The van der Waals surface area contributed by atoms with Gasteiger partial charge in [0.1, 0.15) is 11.6 Å². The van der Waals surface area contributed by atoms with Crippen LogP contribution in [0.1, 0.15) is 5.56 Å². The summed E-state index contributed by atoms with van der Waals surface area (Å²) in [6.45, 7) is -0.177. The molecule has 0 saturated carbocycles. The van der Waals surface area contributed by atoms with Crippen molar-refractivity contribution in [1.29, 1.82) is 0 Å². The van der Waals surface area contributed by atoms with Crippen LogP contribution in [-0.2, 0) is 6.54 Å². The van der Waals surface area contributed by atoms with Crippen LogP contribution in [0, 0.1) is 11.6 Å². The van der Waals surface area contributed by atoms with Crippen LogP contribution in [0.4, 0.5) is 8.78 Å². The normalized spacial score (nSPS) is 10.3. The minimum absolute atomic E-state index is 0.0116. The van der Waals surface area contributed by atoms with Crippen LogP contribution in [0.5, 0.6) is 0 Å². The Bertz CT molecular complexity index is 293. The van der Waals surface area contributed by atoms with E-state index in [2.05, 4.69) is 0 Å². The van der Waals surface area contributed by atoms with E-state index in [1.807, 2.05) is 0 Å². The second kappa shape index (κ2) is 3.80. The molecule has 1 aromatic carbocycles. The fraction of sp³-hybridized carbons (Fsp3) is 0.143. The molecule has 0 aliphatic carbocycles. The van der Waals surface area contributed by atoms with Crippen LogP contribution in [-0.4, -0.2) is 5.21 Å². The van der Waals surface area contributed by atoms with E-state index in [1.165, 1.54) is 0 Å². The highest BCUT2D eigenvalue weighted by molar-refractivity contribution is 6.30. The maximum absolute atomic E-state index is 12.9. The average Bonchev–Trinajstić information content (AvgIpc) is 2.00. The van der Waals surface area contributed by atoms with Crippen molar-refractivity contribution in [2.45, 2.75) is 6.54 Å². The van der Waals surface area contributed by atoms with Gasteiger partial charge in [-0.3, -0.25) is 0 Å². The van der Waals surface area contributed by atoms with Crippen molar-refractivity contribution in [2.24, 2.45) is 0 Å². The molecule has 0 atom stereocenters. The first-order chi connectivity index (χ1) is 5.65. The third-order valence-electron chi connectivity index (χ3n) is 1.34. The molecule has 2 N–H and O–H groups in total. The Labute approximate surface area is 72.7 Å². The summed E-state index contributed by atoms with van der Waals surface area (Å²) in [6.07, 6.45) is 0. The summed E-state index contributed by atoms with van der Waals surface area (Å²) in [5, 5.41) is 7.95. The lowest BCUT2D eigenvalue weighted by Crippen LogP contribution is -2.08. The molecule has 1 rings (SSSR count). The SMILES string of the molecule is ONCc1cc(F)cc(Cl)c1F. The van der Waals surface area contributed by atoms with Crippen molar-refractivity contribution >= 4 is 11.6 Å². The molecular weight excluding hydrogens is 188 g/mol. The van der Waals surface area contributed by atoms with E-state index in [0.29, 0.717) is 0 Å². The fourth-order valence-electron chi connectivity index (χ4n) is 0.823. The molecule has 0 aromatic heterocycles. The first kappa shape index (κ1) is 9.38. The van der Waals surface area contributed by atoms with E-state index in [-0.39, 0.29) is 17.1 Å². The molecule has 12 heavy (non-hydrogen) atoms. The lowest BCUT2D eigenvalue weighted by molar-refractivity contribution is 0.160. The summed E-state index contributed by atoms with van der Waals surface area (Å²) in [6, 6.07) is 1.84. The van der Waals surface area contributed by atoms with Crippen molar-refractivity contribution in [1.82, 2.24) is 5.48 Å². The van der Waals surface area contributed by atoms with Gasteiger partial charge in [0.25, 0.3) is 0 Å². The predicted octanol–water partition coefficient (Wildman–Crippen LogP) is 2.10. The van der Waals surface area contributed by atoms with Crippen molar-refractivity contribution in [3.63, 3.8) is 0 Å². The quantitative estimate of drug-likeness (QED) is 0.557. The molecule has 2 nitrogen and oxygen atoms in total. The smallest absolute Gasteiger partial charge is 0.146 e. The van der Waals surface area contributed by atoms with Gasteiger partial charge in [0.05, 0.1) is 5.02 Å². The third kappa shape index (κ3) is 1.91. The highest BCUT2D eigenvalue weighted by Gasteiger charge is 2.08. The number of rotatable bonds is 2. The van der Waals surface area contributed by atoms with Gasteiger partial charge in [-0.25, -0.2) is 14.3 Å². The second-order valence-corrected chi connectivity index (χ2v) is 2.60. The van der Waals surface area contributed by atoms with Gasteiger partial charge in [-0.05, 0) is 12.1 Å². The maximum atomic E-state index is 12.9. The molecule has 0 aliphatic heterocycles. The first-order valence-electron chi connectivity index (χ1n) is 3.15. The van der Waals surface area contributed by atoms with Gasteiger partial charge < -0.3 is 5.21 Å². The summed E-state index contributed by atoms with van der Waals surface area (Å²) in [4.78, 5) is 0. The minimum Gasteiger partial charge on any atom is -0.316 e. The predicted molar refractivity (Wildman–Crippen MR) is 40.0 cm³/mol. The Balaban J connectivity index is 3.09. The molecule has 0 spiro atoms. The number of hydrogen-bond acceptors (Lipinski definition) is 2. The van der Waals surface area contributed by atoms with Gasteiger partial charge in [0.15, 0.2) is 0 Å². The molecule has 5 heteroatoms. The van der Waals surface area contributed by atoms with E-state index in [1.54, 1.807) is 5.48 Å². The molecular formula is C7H6ClF2NO. The summed E-state index contributed by atoms with van der Waals surface area (Å²) >= 11 is 5.33. The van der Waals surface area contributed by atoms with Gasteiger partial charge >= 0.3 is 0 Å². The Kier molecular flexibility index (Phi) is 2.97. The Morgan fingerprint density at radius 3 is 2.67 bits per heavy atom. The Hall–Kier alpha value is -0.710. The van der Waals surface area contributed by atoms with E-state index < -0.39 is 11.6 Å². The van der Waals surface area contributed by atoms with Crippen molar-refractivity contribution in [3.05, 3.63) is 34.4 Å². The Morgan fingerprint density at radius 2 is 2.08 bits per heavy atom. The maximum Gasteiger partial charge on any atom is 0.146 e. The lowest BCUT2D eigenvalue weighted by Gasteiger charge is -2.02. The molecule has 0 aliphatic rings. The van der Waals surface area contributed by atoms with Crippen LogP contribution in [0.15, 0.2) is 12.1 Å². The summed E-state index contributed by atoms with van der Waals surface area (Å²) in [5.41, 5.74) is 1.70. The second-order valence-electron chi connectivity index (χ2n) is 2.20. The molecule has 0 saturated heterocycles. The molecule has 0 unspecified atom stereocenters.